The highest BCUT2D eigenvalue weighted by atomic mass is 35.5. The molecule has 11 heteroatoms. The summed E-state index contributed by atoms with van der Waals surface area (Å²) < 4.78 is 51.6. The van der Waals surface area contributed by atoms with Crippen LogP contribution in [0.15, 0.2) is 47.6 Å². The zero-order valence-corrected chi connectivity index (χ0v) is 18.1. The van der Waals surface area contributed by atoms with Crippen molar-refractivity contribution in [1.29, 1.82) is 0 Å². The fourth-order valence-corrected chi connectivity index (χ4v) is 5.18. The molecule has 0 bridgehead atoms. The minimum absolute atomic E-state index is 0.0529. The molecule has 158 valence electrons. The van der Waals surface area contributed by atoms with Crippen molar-refractivity contribution in [2.45, 2.75) is 24.3 Å². The molecule has 1 aliphatic heterocycles. The fourth-order valence-electron chi connectivity index (χ4n) is 3.26. The Morgan fingerprint density at radius 3 is 2.77 bits per heavy atom. The van der Waals surface area contributed by atoms with Crippen LogP contribution in [-0.4, -0.2) is 30.9 Å². The van der Waals surface area contributed by atoms with E-state index in [-0.39, 0.29) is 17.5 Å². The smallest absolute Gasteiger partial charge is 0.266 e. The first-order valence-corrected chi connectivity index (χ1v) is 11.8. The van der Waals surface area contributed by atoms with Crippen molar-refractivity contribution < 1.29 is 17.5 Å². The molecule has 0 radical (unpaired) electrons. The van der Waals surface area contributed by atoms with Crippen molar-refractivity contribution in [3.8, 4) is 5.75 Å². The van der Waals surface area contributed by atoms with Crippen molar-refractivity contribution in [1.82, 2.24) is 9.36 Å². The summed E-state index contributed by atoms with van der Waals surface area (Å²) in [5, 5.41) is 0.666. The first-order valence-electron chi connectivity index (χ1n) is 9.18. The summed E-state index contributed by atoms with van der Waals surface area (Å²) in [6.07, 6.45) is 3.41. The summed E-state index contributed by atoms with van der Waals surface area (Å²) >= 11 is 7.01. The van der Waals surface area contributed by atoms with Gasteiger partial charge in [0, 0.05) is 40.9 Å². The highest BCUT2D eigenvalue weighted by Gasteiger charge is 2.24. The number of halogens is 2. The Balaban J connectivity index is 1.56. The van der Waals surface area contributed by atoms with Gasteiger partial charge in [-0.2, -0.15) is 4.37 Å². The molecule has 1 aromatic heterocycles. The van der Waals surface area contributed by atoms with Gasteiger partial charge < -0.3 is 9.64 Å². The number of nitrogens with one attached hydrogen (secondary N) is 1. The summed E-state index contributed by atoms with van der Waals surface area (Å²) in [5.41, 5.74) is 1.79. The molecule has 3 aromatic rings. The largest absolute Gasteiger partial charge is 0.486 e. The van der Waals surface area contributed by atoms with E-state index in [4.69, 9.17) is 16.3 Å². The summed E-state index contributed by atoms with van der Waals surface area (Å²) in [6, 6.07) is 9.45. The van der Waals surface area contributed by atoms with Crippen molar-refractivity contribution in [3.63, 3.8) is 0 Å². The number of hydrogen-bond acceptors (Lipinski definition) is 7. The number of anilines is 2. The molecule has 1 saturated heterocycles. The van der Waals surface area contributed by atoms with Crippen LogP contribution >= 0.6 is 23.1 Å². The molecule has 30 heavy (non-hydrogen) atoms. The third-order valence-corrected chi connectivity index (χ3v) is 6.98. The quantitative estimate of drug-likeness (QED) is 0.556. The Hall–Kier alpha value is -2.43. The molecule has 0 unspecified atom stereocenters. The average molecular weight is 469 g/mol. The topological polar surface area (TPSA) is 84.4 Å². The lowest BCUT2D eigenvalue weighted by Crippen LogP contribution is -2.20. The van der Waals surface area contributed by atoms with E-state index in [9.17, 15) is 12.8 Å². The van der Waals surface area contributed by atoms with E-state index in [1.807, 2.05) is 12.1 Å². The van der Waals surface area contributed by atoms with Gasteiger partial charge >= 0.3 is 0 Å². The van der Waals surface area contributed by atoms with Gasteiger partial charge in [-0.15, -0.1) is 0 Å². The summed E-state index contributed by atoms with van der Waals surface area (Å²) in [6.45, 7) is 1.92. The van der Waals surface area contributed by atoms with Crippen molar-refractivity contribution >= 4 is 44.0 Å². The van der Waals surface area contributed by atoms with Crippen LogP contribution in [-0.2, 0) is 16.6 Å². The van der Waals surface area contributed by atoms with Gasteiger partial charge in [-0.25, -0.2) is 17.8 Å². The van der Waals surface area contributed by atoms with Gasteiger partial charge in [0.2, 0.25) is 5.13 Å². The van der Waals surface area contributed by atoms with E-state index in [1.165, 1.54) is 24.5 Å². The van der Waals surface area contributed by atoms with E-state index in [0.29, 0.717) is 5.02 Å². The molecule has 0 amide bonds. The van der Waals surface area contributed by atoms with Gasteiger partial charge in [-0.05, 0) is 37.1 Å². The Kier molecular flexibility index (Phi) is 6.07. The molecule has 1 fully saturated rings. The SMILES string of the molecule is O=S(=O)(Nc1ncns1)c1cccc(OCc2ccc(Cl)cc2N2CCCC2)c1F. The van der Waals surface area contributed by atoms with Gasteiger partial charge in [-0.3, -0.25) is 4.72 Å². The predicted molar refractivity (Wildman–Crippen MR) is 114 cm³/mol. The van der Waals surface area contributed by atoms with E-state index < -0.39 is 20.7 Å². The zero-order valence-electron chi connectivity index (χ0n) is 15.7. The normalized spacial score (nSPS) is 14.1. The zero-order chi connectivity index (χ0) is 21.1. The van der Waals surface area contributed by atoms with Crippen LogP contribution in [0, 0.1) is 5.82 Å². The van der Waals surface area contributed by atoms with Gasteiger partial charge in [-0.1, -0.05) is 23.7 Å². The lowest BCUT2D eigenvalue weighted by atomic mass is 10.1. The molecule has 0 aliphatic carbocycles. The molecule has 0 saturated carbocycles. The summed E-state index contributed by atoms with van der Waals surface area (Å²) in [4.78, 5) is 5.45. The second kappa shape index (κ2) is 8.75. The molecule has 0 spiro atoms. The van der Waals surface area contributed by atoms with Crippen LogP contribution in [0.2, 0.25) is 5.02 Å². The van der Waals surface area contributed by atoms with Crippen LogP contribution in [0.1, 0.15) is 18.4 Å². The molecular formula is C19H18ClFN4O3S2. The Morgan fingerprint density at radius 1 is 1.23 bits per heavy atom. The van der Waals surface area contributed by atoms with E-state index in [2.05, 4.69) is 19.0 Å². The molecule has 2 aromatic carbocycles. The van der Waals surface area contributed by atoms with Gasteiger partial charge in [0.25, 0.3) is 10.0 Å². The lowest BCUT2D eigenvalue weighted by Gasteiger charge is -2.22. The second-order valence-corrected chi connectivity index (χ2v) is 9.54. The van der Waals surface area contributed by atoms with Crippen LogP contribution in [0.5, 0.6) is 5.75 Å². The minimum Gasteiger partial charge on any atom is -0.486 e. The van der Waals surface area contributed by atoms with Crippen molar-refractivity contribution in [2.75, 3.05) is 22.7 Å². The Morgan fingerprint density at radius 2 is 2.03 bits per heavy atom. The first kappa shape index (κ1) is 20.8. The van der Waals surface area contributed by atoms with Gasteiger partial charge in [0.1, 0.15) is 17.8 Å². The Bertz CT molecular complexity index is 1140. The number of benzene rings is 2. The van der Waals surface area contributed by atoms with Crippen LogP contribution in [0.4, 0.5) is 15.2 Å². The Labute approximate surface area is 182 Å². The molecule has 7 nitrogen and oxygen atoms in total. The monoisotopic (exact) mass is 468 g/mol. The molecular weight excluding hydrogens is 451 g/mol. The molecule has 2 heterocycles. The van der Waals surface area contributed by atoms with Gasteiger partial charge in [0.15, 0.2) is 11.6 Å². The van der Waals surface area contributed by atoms with E-state index >= 15 is 0 Å². The van der Waals surface area contributed by atoms with Crippen LogP contribution in [0.3, 0.4) is 0 Å². The lowest BCUT2D eigenvalue weighted by molar-refractivity contribution is 0.287. The number of aromatic nitrogens is 2. The maximum Gasteiger partial charge on any atom is 0.266 e. The summed E-state index contributed by atoms with van der Waals surface area (Å²) in [7, 11) is -4.17. The number of ether oxygens (including phenoxy) is 1. The van der Waals surface area contributed by atoms with Crippen LogP contribution in [0.25, 0.3) is 0 Å². The van der Waals surface area contributed by atoms with Crippen molar-refractivity contribution in [3.05, 3.63) is 59.1 Å². The number of nitrogens with zero attached hydrogens (tertiary/aromatic N) is 3. The fraction of sp³-hybridized carbons (Fsp3) is 0.263. The third kappa shape index (κ3) is 4.50. The number of rotatable bonds is 7. The predicted octanol–water partition coefficient (Wildman–Crippen LogP) is 4.31. The van der Waals surface area contributed by atoms with Gasteiger partial charge in [0.05, 0.1) is 0 Å². The number of sulfonamides is 1. The number of hydrogen-bond donors (Lipinski definition) is 1. The third-order valence-electron chi connectivity index (χ3n) is 4.68. The minimum atomic E-state index is -4.17. The highest BCUT2D eigenvalue weighted by molar-refractivity contribution is 7.93. The second-order valence-electron chi connectivity index (χ2n) is 6.68. The molecule has 1 N–H and O–H groups in total. The van der Waals surface area contributed by atoms with E-state index in [0.717, 1.165) is 48.7 Å². The maximum absolute atomic E-state index is 15.0. The highest BCUT2D eigenvalue weighted by Crippen LogP contribution is 2.31. The average Bonchev–Trinajstić information content (AvgIpc) is 3.41. The molecule has 0 atom stereocenters. The summed E-state index contributed by atoms with van der Waals surface area (Å²) in [5.74, 6) is -1.12. The van der Waals surface area contributed by atoms with Crippen molar-refractivity contribution in [2.24, 2.45) is 0 Å². The molecule has 4 rings (SSSR count). The first-order chi connectivity index (χ1) is 14.4. The molecule has 1 aliphatic rings. The maximum atomic E-state index is 15.0. The van der Waals surface area contributed by atoms with Crippen LogP contribution < -0.4 is 14.4 Å². The van der Waals surface area contributed by atoms with E-state index in [1.54, 1.807) is 6.07 Å². The standard InChI is InChI=1S/C19H18ClFN4O3S2/c20-14-7-6-13(15(10-14)25-8-1-2-9-25)11-28-16-4-3-5-17(18(16)21)30(26,27)24-19-22-12-23-29-19/h3-7,10,12H,1-2,8-9,11H2,(H,22,23,24).